The second-order valence-corrected chi connectivity index (χ2v) is 1.96. The number of rotatable bonds is 2. The highest BCUT2D eigenvalue weighted by atomic mass is 14.0. The van der Waals surface area contributed by atoms with Gasteiger partial charge in [0.05, 0.1) is 15.7 Å². The van der Waals surface area contributed by atoms with Crippen LogP contribution in [0.2, 0.25) is 5.72 Å². The summed E-state index contributed by atoms with van der Waals surface area (Å²) in [6.07, 6.45) is 1.07. The van der Waals surface area contributed by atoms with E-state index in [0.29, 0.717) is 5.92 Å². The van der Waals surface area contributed by atoms with Crippen molar-refractivity contribution in [1.29, 1.82) is 0 Å². The minimum absolute atomic E-state index is 0.134. The molecular formula is C5H10B2. The molecule has 1 unspecified atom stereocenters. The Bertz CT molecular complexity index is 43.3. The first-order valence-corrected chi connectivity index (χ1v) is 2.69. The molecule has 0 bridgehead atoms. The molecule has 0 aliphatic carbocycles. The normalized spacial score (nSPS) is 14.7. The van der Waals surface area contributed by atoms with E-state index in [1.807, 2.05) is 6.92 Å². The van der Waals surface area contributed by atoms with E-state index in [9.17, 15) is 0 Å². The fourth-order valence-corrected chi connectivity index (χ4v) is 0.272. The Kier molecular flexibility index (Phi) is 3.23. The molecule has 0 saturated carbocycles. The van der Waals surface area contributed by atoms with Crippen molar-refractivity contribution in [3.63, 3.8) is 0 Å². The van der Waals surface area contributed by atoms with Gasteiger partial charge < -0.3 is 0 Å². The number of hydrogen-bond acceptors (Lipinski definition) is 0. The van der Waals surface area contributed by atoms with Crippen LogP contribution in [0.3, 0.4) is 0 Å². The summed E-state index contributed by atoms with van der Waals surface area (Å²) < 4.78 is 0. The summed E-state index contributed by atoms with van der Waals surface area (Å²) in [5.74, 6) is 0.458. The van der Waals surface area contributed by atoms with Crippen LogP contribution in [0.5, 0.6) is 0 Å². The summed E-state index contributed by atoms with van der Waals surface area (Å²) in [5, 5.41) is 0. The third-order valence-electron chi connectivity index (χ3n) is 1.30. The van der Waals surface area contributed by atoms with Gasteiger partial charge in [-0.2, -0.15) is 0 Å². The van der Waals surface area contributed by atoms with E-state index in [1.165, 1.54) is 0 Å². The fraction of sp³-hybridized carbons (Fsp3) is 1.00. The molecule has 0 aromatic rings. The Balaban J connectivity index is 3.14. The molecule has 36 valence electrons. The zero-order valence-corrected chi connectivity index (χ0v) is 5.02. The van der Waals surface area contributed by atoms with Crippen molar-refractivity contribution in [3.05, 3.63) is 0 Å². The first-order chi connectivity index (χ1) is 3.18. The van der Waals surface area contributed by atoms with Crippen LogP contribution in [0.4, 0.5) is 0 Å². The maximum atomic E-state index is 5.32. The smallest absolute Gasteiger partial charge is 0.0579 e. The van der Waals surface area contributed by atoms with Gasteiger partial charge in [-0.1, -0.05) is 26.2 Å². The molecule has 0 saturated heterocycles. The first kappa shape index (κ1) is 7.13. The van der Waals surface area contributed by atoms with Crippen LogP contribution >= 0.6 is 0 Å². The van der Waals surface area contributed by atoms with E-state index < -0.39 is 0 Å². The van der Waals surface area contributed by atoms with Crippen LogP contribution in [-0.4, -0.2) is 15.7 Å². The zero-order chi connectivity index (χ0) is 5.86. The third-order valence-corrected chi connectivity index (χ3v) is 1.30. The zero-order valence-electron chi connectivity index (χ0n) is 5.02. The van der Waals surface area contributed by atoms with Crippen LogP contribution in [0.25, 0.3) is 0 Å². The topological polar surface area (TPSA) is 0 Å². The molecule has 0 rings (SSSR count). The molecule has 0 aliphatic heterocycles. The van der Waals surface area contributed by atoms with Gasteiger partial charge in [0.1, 0.15) is 0 Å². The Labute approximate surface area is 48.5 Å². The molecule has 0 aliphatic rings. The highest BCUT2D eigenvalue weighted by molar-refractivity contribution is 6.35. The molecule has 0 spiro atoms. The largest absolute Gasteiger partial charge is 0.107 e. The highest BCUT2D eigenvalue weighted by Crippen LogP contribution is 2.11. The van der Waals surface area contributed by atoms with E-state index in [4.69, 9.17) is 15.7 Å². The lowest BCUT2D eigenvalue weighted by Gasteiger charge is -2.11. The Morgan fingerprint density at radius 1 is 1.43 bits per heavy atom. The van der Waals surface area contributed by atoms with E-state index >= 15 is 0 Å². The Morgan fingerprint density at radius 3 is 1.86 bits per heavy atom. The van der Waals surface area contributed by atoms with Crippen molar-refractivity contribution in [3.8, 4) is 0 Å². The molecule has 1 atom stereocenters. The van der Waals surface area contributed by atoms with E-state index in [1.54, 1.807) is 0 Å². The van der Waals surface area contributed by atoms with Gasteiger partial charge in [-0.15, -0.1) is 5.72 Å². The summed E-state index contributed by atoms with van der Waals surface area (Å²) in [4.78, 5) is 0. The van der Waals surface area contributed by atoms with Crippen LogP contribution < -0.4 is 0 Å². The molecule has 2 heteroatoms. The van der Waals surface area contributed by atoms with E-state index in [0.717, 1.165) is 6.42 Å². The molecule has 7 heavy (non-hydrogen) atoms. The molecule has 4 radical (unpaired) electrons. The summed E-state index contributed by atoms with van der Waals surface area (Å²) in [6.45, 7) is 4.13. The van der Waals surface area contributed by atoms with Gasteiger partial charge in [0.2, 0.25) is 0 Å². The monoisotopic (exact) mass is 92.1 g/mol. The van der Waals surface area contributed by atoms with Crippen molar-refractivity contribution >= 4 is 15.7 Å². The van der Waals surface area contributed by atoms with E-state index in [-0.39, 0.29) is 5.72 Å². The quantitative estimate of drug-likeness (QED) is 0.447. The lowest BCUT2D eigenvalue weighted by Crippen LogP contribution is -2.02. The van der Waals surface area contributed by atoms with Crippen molar-refractivity contribution in [2.24, 2.45) is 5.92 Å². The maximum Gasteiger partial charge on any atom is 0.0579 e. The predicted octanol–water partition coefficient (Wildman–Crippen LogP) is 1.12. The van der Waals surface area contributed by atoms with Gasteiger partial charge in [0.25, 0.3) is 0 Å². The summed E-state index contributed by atoms with van der Waals surface area (Å²) in [5.41, 5.74) is -0.134. The van der Waals surface area contributed by atoms with Crippen LogP contribution in [0, 0.1) is 5.92 Å². The van der Waals surface area contributed by atoms with Crippen molar-refractivity contribution in [2.75, 3.05) is 0 Å². The lowest BCUT2D eigenvalue weighted by atomic mass is 9.63. The van der Waals surface area contributed by atoms with Crippen LogP contribution in [0.1, 0.15) is 20.3 Å². The second-order valence-electron chi connectivity index (χ2n) is 1.96. The SMILES string of the molecule is [B]C([B])C(C)CC. The highest BCUT2D eigenvalue weighted by Gasteiger charge is 2.00. The fourth-order valence-electron chi connectivity index (χ4n) is 0.272. The summed E-state index contributed by atoms with van der Waals surface area (Å²) in [7, 11) is 10.6. The molecule has 0 N–H and O–H groups in total. The average molecular weight is 91.8 g/mol. The molecule has 0 fully saturated rings. The lowest BCUT2D eigenvalue weighted by molar-refractivity contribution is 0.599. The van der Waals surface area contributed by atoms with Gasteiger partial charge in [-0.25, -0.2) is 0 Å². The van der Waals surface area contributed by atoms with Crippen molar-refractivity contribution in [1.82, 2.24) is 0 Å². The molecular weight excluding hydrogens is 81.7 g/mol. The maximum absolute atomic E-state index is 5.32. The molecule has 0 aromatic carbocycles. The standard InChI is InChI=1S/C5H10B2/c1-3-4(2)5(6)7/h4-5H,3H2,1-2H3. The third kappa shape index (κ3) is 2.78. The minimum Gasteiger partial charge on any atom is -0.107 e. The van der Waals surface area contributed by atoms with Crippen molar-refractivity contribution in [2.45, 2.75) is 26.0 Å². The van der Waals surface area contributed by atoms with Crippen molar-refractivity contribution < 1.29 is 0 Å². The first-order valence-electron chi connectivity index (χ1n) is 2.69. The summed E-state index contributed by atoms with van der Waals surface area (Å²) in [6, 6.07) is 0. The van der Waals surface area contributed by atoms with Gasteiger partial charge in [0, 0.05) is 0 Å². The van der Waals surface area contributed by atoms with E-state index in [2.05, 4.69) is 6.92 Å². The van der Waals surface area contributed by atoms with Gasteiger partial charge in [-0.3, -0.25) is 0 Å². The minimum atomic E-state index is -0.134. The van der Waals surface area contributed by atoms with Crippen LogP contribution in [0.15, 0.2) is 0 Å². The molecule has 0 nitrogen and oxygen atoms in total. The van der Waals surface area contributed by atoms with Crippen LogP contribution in [-0.2, 0) is 0 Å². The number of hydrogen-bond donors (Lipinski definition) is 0. The van der Waals surface area contributed by atoms with Gasteiger partial charge >= 0.3 is 0 Å². The second kappa shape index (κ2) is 3.17. The summed E-state index contributed by atoms with van der Waals surface area (Å²) >= 11 is 0. The molecule has 0 amide bonds. The Hall–Kier alpha value is 0.130. The average Bonchev–Trinajstić information content (AvgIpc) is 1.65. The molecule has 0 heterocycles. The Morgan fingerprint density at radius 2 is 1.86 bits per heavy atom. The predicted molar refractivity (Wildman–Crippen MR) is 34.7 cm³/mol. The molecule has 0 aromatic heterocycles. The van der Waals surface area contributed by atoms with Gasteiger partial charge in [-0.05, 0) is 0 Å². The van der Waals surface area contributed by atoms with Gasteiger partial charge in [0.15, 0.2) is 0 Å².